The zero-order chi connectivity index (χ0) is 21.5. The van der Waals surface area contributed by atoms with Gasteiger partial charge in [0.05, 0.1) is 27.6 Å². The molecule has 1 saturated carbocycles. The Morgan fingerprint density at radius 2 is 1.38 bits per heavy atom. The second-order valence-corrected chi connectivity index (χ2v) is 10.9. The number of carbonyl (C=O) groups is 2. The smallest absolute Gasteiger partial charge is 0.252 e. The maximum atomic E-state index is 12.8. The summed E-state index contributed by atoms with van der Waals surface area (Å²) in [4.78, 5) is 24.1. The van der Waals surface area contributed by atoms with Gasteiger partial charge in [-0.25, -0.2) is 27.1 Å². The van der Waals surface area contributed by atoms with Crippen molar-refractivity contribution in [1.29, 1.82) is 0 Å². The summed E-state index contributed by atoms with van der Waals surface area (Å²) >= 11 is 12.0. The zero-order valence-electron chi connectivity index (χ0n) is 14.4. The molecular formula is C15H14Cl2N4O6S2. The van der Waals surface area contributed by atoms with E-state index in [4.69, 9.17) is 33.5 Å². The van der Waals surface area contributed by atoms with Gasteiger partial charge in [0.25, 0.3) is 11.8 Å². The normalized spacial score (nSPS) is 28.3. The maximum absolute atomic E-state index is 12.8. The van der Waals surface area contributed by atoms with Crippen LogP contribution in [-0.4, -0.2) is 33.7 Å². The third kappa shape index (κ3) is 3.05. The number of carbonyl (C=O) groups excluding carboxylic acids is 2. The number of primary sulfonamides is 2. The first-order valence-corrected chi connectivity index (χ1v) is 12.1. The largest absolute Gasteiger partial charge is 0.286 e. The minimum absolute atomic E-state index is 0.0743. The number of sulfonamides is 2. The van der Waals surface area contributed by atoms with Crippen molar-refractivity contribution in [2.75, 3.05) is 5.43 Å². The molecule has 3 aliphatic rings. The fourth-order valence-corrected chi connectivity index (χ4v) is 6.49. The van der Waals surface area contributed by atoms with Gasteiger partial charge in [0.1, 0.15) is 9.79 Å². The predicted octanol–water partition coefficient (Wildman–Crippen LogP) is 0.422. The van der Waals surface area contributed by atoms with E-state index in [1.807, 2.05) is 12.2 Å². The van der Waals surface area contributed by atoms with E-state index in [9.17, 15) is 26.4 Å². The highest BCUT2D eigenvalue weighted by Gasteiger charge is 2.59. The molecule has 1 aliphatic heterocycles. The fraction of sp³-hybridized carbons (Fsp3) is 0.333. The van der Waals surface area contributed by atoms with Gasteiger partial charge in [-0.3, -0.25) is 15.0 Å². The molecule has 0 aromatic heterocycles. The van der Waals surface area contributed by atoms with Crippen molar-refractivity contribution < 1.29 is 26.4 Å². The molecule has 14 heteroatoms. The zero-order valence-corrected chi connectivity index (χ0v) is 17.5. The Bertz CT molecular complexity index is 1180. The number of benzene rings is 1. The van der Waals surface area contributed by atoms with Gasteiger partial charge in [0.2, 0.25) is 20.0 Å². The number of rotatable bonds is 4. The van der Waals surface area contributed by atoms with E-state index in [-0.39, 0.29) is 11.8 Å². The molecule has 5 N–H and O–H groups in total. The van der Waals surface area contributed by atoms with Crippen LogP contribution in [-0.2, 0) is 29.6 Å². The number of nitrogens with zero attached hydrogens (tertiary/aromatic N) is 1. The van der Waals surface area contributed by atoms with Crippen molar-refractivity contribution in [1.82, 2.24) is 5.01 Å². The topological polar surface area (TPSA) is 170 Å². The number of allylic oxidation sites excluding steroid dienone is 2. The van der Waals surface area contributed by atoms with Crippen molar-refractivity contribution >= 4 is 60.8 Å². The molecule has 2 fully saturated rings. The van der Waals surface area contributed by atoms with Gasteiger partial charge in [0, 0.05) is 0 Å². The Kier molecular flexibility index (Phi) is 4.54. The Morgan fingerprint density at radius 1 is 0.897 bits per heavy atom. The number of hydrogen-bond donors (Lipinski definition) is 3. The predicted molar refractivity (Wildman–Crippen MR) is 102 cm³/mol. The van der Waals surface area contributed by atoms with Crippen LogP contribution in [0.4, 0.5) is 5.69 Å². The van der Waals surface area contributed by atoms with E-state index in [1.54, 1.807) is 0 Å². The number of nitrogens with one attached hydrogen (secondary N) is 1. The van der Waals surface area contributed by atoms with Crippen LogP contribution in [0.5, 0.6) is 0 Å². The van der Waals surface area contributed by atoms with Crippen LogP contribution in [0, 0.1) is 23.7 Å². The molecule has 1 saturated heterocycles. The SMILES string of the molecule is NS(=O)(=O)c1cc(S(N)(=O)=O)c(NN2C(=O)[C@@H]3C4C=CC(C4)[C@@H]3C2=O)c(Cl)c1Cl. The molecule has 0 radical (unpaired) electrons. The summed E-state index contributed by atoms with van der Waals surface area (Å²) < 4.78 is 47.5. The molecule has 2 unspecified atom stereocenters. The number of imide groups is 1. The quantitative estimate of drug-likeness (QED) is 0.413. The highest BCUT2D eigenvalue weighted by atomic mass is 35.5. The Labute approximate surface area is 175 Å². The average molecular weight is 481 g/mol. The minimum atomic E-state index is -4.55. The first-order valence-electron chi connectivity index (χ1n) is 8.22. The van der Waals surface area contributed by atoms with Crippen LogP contribution in [0.2, 0.25) is 10.0 Å². The lowest BCUT2D eigenvalue weighted by atomic mass is 9.85. The summed E-state index contributed by atoms with van der Waals surface area (Å²) in [5.74, 6) is -2.34. The van der Waals surface area contributed by atoms with E-state index < -0.39 is 69.2 Å². The van der Waals surface area contributed by atoms with Gasteiger partial charge in [-0.1, -0.05) is 35.4 Å². The van der Waals surface area contributed by atoms with Crippen molar-refractivity contribution in [3.8, 4) is 0 Å². The van der Waals surface area contributed by atoms with Crippen molar-refractivity contribution in [3.05, 3.63) is 28.3 Å². The lowest BCUT2D eigenvalue weighted by molar-refractivity contribution is -0.139. The van der Waals surface area contributed by atoms with E-state index in [1.165, 1.54) is 0 Å². The highest BCUT2D eigenvalue weighted by Crippen LogP contribution is 2.52. The molecular weight excluding hydrogens is 467 g/mol. The molecule has 156 valence electrons. The van der Waals surface area contributed by atoms with Gasteiger partial charge in [-0.2, -0.15) is 5.01 Å². The van der Waals surface area contributed by atoms with Crippen LogP contribution < -0.4 is 15.7 Å². The summed E-state index contributed by atoms with van der Waals surface area (Å²) in [6.45, 7) is 0. The van der Waals surface area contributed by atoms with Gasteiger partial charge < -0.3 is 0 Å². The molecule has 0 spiro atoms. The lowest BCUT2D eigenvalue weighted by Gasteiger charge is -2.22. The molecule has 1 aromatic carbocycles. The van der Waals surface area contributed by atoms with Gasteiger partial charge in [0.15, 0.2) is 0 Å². The first kappa shape index (κ1) is 20.6. The first-order chi connectivity index (χ1) is 13.3. The van der Waals surface area contributed by atoms with Crippen LogP contribution in [0.15, 0.2) is 28.0 Å². The molecule has 1 aromatic rings. The molecule has 2 aliphatic carbocycles. The Balaban J connectivity index is 1.81. The number of nitrogens with two attached hydrogens (primary N) is 2. The third-order valence-electron chi connectivity index (χ3n) is 5.44. The standard InChI is InChI=1S/C15H14Cl2N4O6S2/c16-11-7(28(18,24)25)4-8(29(19,26)27)13(12(11)17)20-21-14(22)9-5-1-2-6(3-5)10(9)15(21)23/h1-2,4-6,9-10,20H,3H2,(H2,18,24,25)(H2,19,26,27)/t5?,6?,9-,10+. The Hall–Kier alpha value is -1.70. The maximum Gasteiger partial charge on any atom is 0.252 e. The van der Waals surface area contributed by atoms with Crippen LogP contribution in [0.1, 0.15) is 6.42 Å². The van der Waals surface area contributed by atoms with Crippen LogP contribution >= 0.6 is 23.2 Å². The summed E-state index contributed by atoms with van der Waals surface area (Å²) in [7, 11) is -8.99. The van der Waals surface area contributed by atoms with E-state index in [2.05, 4.69) is 5.43 Å². The van der Waals surface area contributed by atoms with E-state index in [0.717, 1.165) is 0 Å². The van der Waals surface area contributed by atoms with Crippen molar-refractivity contribution in [2.45, 2.75) is 16.2 Å². The fourth-order valence-electron chi connectivity index (χ4n) is 4.24. The Morgan fingerprint density at radius 3 is 1.83 bits per heavy atom. The number of fused-ring (bicyclic) bond motifs is 5. The summed E-state index contributed by atoms with van der Waals surface area (Å²) in [6, 6.07) is 0.623. The van der Waals surface area contributed by atoms with Crippen LogP contribution in [0.25, 0.3) is 0 Å². The highest BCUT2D eigenvalue weighted by molar-refractivity contribution is 7.90. The molecule has 10 nitrogen and oxygen atoms in total. The second-order valence-electron chi connectivity index (χ2n) is 7.09. The molecule has 2 bridgehead atoms. The molecule has 4 rings (SSSR count). The number of amides is 2. The number of halogens is 2. The van der Waals surface area contributed by atoms with Crippen molar-refractivity contribution in [2.24, 2.45) is 33.9 Å². The molecule has 2 amide bonds. The molecule has 29 heavy (non-hydrogen) atoms. The summed E-state index contributed by atoms with van der Waals surface area (Å²) in [5, 5.41) is 9.76. The third-order valence-corrected chi connectivity index (χ3v) is 8.29. The van der Waals surface area contributed by atoms with E-state index >= 15 is 0 Å². The number of hydrazine groups is 1. The van der Waals surface area contributed by atoms with Gasteiger partial charge in [-0.15, -0.1) is 0 Å². The van der Waals surface area contributed by atoms with E-state index in [0.29, 0.717) is 17.5 Å². The molecule has 4 atom stereocenters. The van der Waals surface area contributed by atoms with Gasteiger partial charge in [-0.05, 0) is 24.3 Å². The number of hydrogen-bond acceptors (Lipinski definition) is 7. The van der Waals surface area contributed by atoms with Crippen molar-refractivity contribution in [3.63, 3.8) is 0 Å². The summed E-state index contributed by atoms with van der Waals surface area (Å²) in [5.41, 5.74) is 1.90. The van der Waals surface area contributed by atoms with Gasteiger partial charge >= 0.3 is 0 Å². The monoisotopic (exact) mass is 480 g/mol. The molecule has 1 heterocycles. The number of anilines is 1. The minimum Gasteiger partial charge on any atom is -0.286 e. The lowest BCUT2D eigenvalue weighted by Crippen LogP contribution is -2.38. The second kappa shape index (κ2) is 6.40. The average Bonchev–Trinajstić information content (AvgIpc) is 3.26. The van der Waals surface area contributed by atoms with Crippen LogP contribution in [0.3, 0.4) is 0 Å². The summed E-state index contributed by atoms with van der Waals surface area (Å²) in [6.07, 6.45) is 4.49.